The number of imidazole rings is 1. The van der Waals surface area contributed by atoms with Gasteiger partial charge in [-0.25, -0.2) is 9.97 Å². The zero-order valence-electron chi connectivity index (χ0n) is 12.6. The van der Waals surface area contributed by atoms with Crippen molar-refractivity contribution in [3.05, 3.63) is 29.8 Å². The van der Waals surface area contributed by atoms with Crippen LogP contribution in [0.25, 0.3) is 11.2 Å². The summed E-state index contributed by atoms with van der Waals surface area (Å²) in [5.41, 5.74) is 8.60. The Balaban J connectivity index is 2.27. The lowest BCUT2D eigenvalue weighted by atomic mass is 10.2. The van der Waals surface area contributed by atoms with Crippen molar-refractivity contribution in [2.45, 2.75) is 32.9 Å². The highest BCUT2D eigenvalue weighted by Crippen LogP contribution is 2.04. The fourth-order valence-corrected chi connectivity index (χ4v) is 1.91. The molecule has 1 atom stereocenters. The van der Waals surface area contributed by atoms with E-state index in [-0.39, 0.29) is 6.42 Å². The molecular formula is C14H19N6O2-. The number of aryl methyl sites for hydroxylation is 1. The summed E-state index contributed by atoms with van der Waals surface area (Å²) in [6.07, 6.45) is 5.39. The largest absolute Gasteiger partial charge is 0.548 e. The fraction of sp³-hybridized carbons (Fsp3) is 0.429. The molecule has 2 rings (SSSR count). The van der Waals surface area contributed by atoms with Crippen molar-refractivity contribution < 1.29 is 9.90 Å². The van der Waals surface area contributed by atoms with Gasteiger partial charge in [0.1, 0.15) is 5.52 Å². The number of carboxylic acid groups (broad SMARTS) is 1. The summed E-state index contributed by atoms with van der Waals surface area (Å²) in [5.74, 6) is -1.26. The maximum Gasteiger partial charge on any atom is 0.177 e. The number of aromatic amines is 1. The Bertz CT molecular complexity index is 754. The summed E-state index contributed by atoms with van der Waals surface area (Å²) in [4.78, 5) is 26.6. The van der Waals surface area contributed by atoms with Crippen LogP contribution in [0.15, 0.2) is 29.3 Å². The van der Waals surface area contributed by atoms with Crippen molar-refractivity contribution in [2.75, 3.05) is 6.54 Å². The van der Waals surface area contributed by atoms with Gasteiger partial charge in [0.05, 0.1) is 25.2 Å². The Morgan fingerprint density at radius 1 is 1.55 bits per heavy atom. The zero-order valence-corrected chi connectivity index (χ0v) is 12.6. The number of fused-ring (bicyclic) bond motifs is 1. The van der Waals surface area contributed by atoms with Gasteiger partial charge in [-0.1, -0.05) is 11.6 Å². The highest BCUT2D eigenvalue weighted by molar-refractivity contribution is 5.71. The molecule has 2 heterocycles. The minimum atomic E-state index is -1.26. The second-order valence-corrected chi connectivity index (χ2v) is 5.20. The van der Waals surface area contributed by atoms with E-state index < -0.39 is 12.0 Å². The Morgan fingerprint density at radius 3 is 3.00 bits per heavy atom. The standard InChI is InChI=1S/C14H20N6O2/c1-9(2)3-5-16-12-11-13(18-7-17-11)20(8-19-12)6-4-10(15)14(21)22/h3,7-8,10H,4-6,15H2,1-2H3,(H,17,18)(H,21,22)/p-1/t10-/m0/s1. The maximum atomic E-state index is 10.7. The summed E-state index contributed by atoms with van der Waals surface area (Å²) in [6, 6.07) is -1.01. The van der Waals surface area contributed by atoms with Crippen molar-refractivity contribution in [1.82, 2.24) is 19.5 Å². The van der Waals surface area contributed by atoms with E-state index in [1.807, 2.05) is 19.9 Å². The van der Waals surface area contributed by atoms with Crippen LogP contribution >= 0.6 is 0 Å². The van der Waals surface area contributed by atoms with Crippen LogP contribution in [0.5, 0.6) is 0 Å². The Labute approximate surface area is 127 Å². The van der Waals surface area contributed by atoms with E-state index in [2.05, 4.69) is 19.9 Å². The topological polar surface area (TPSA) is 125 Å². The van der Waals surface area contributed by atoms with E-state index in [0.717, 1.165) is 0 Å². The number of aromatic nitrogens is 4. The molecule has 8 heteroatoms. The van der Waals surface area contributed by atoms with Crippen LogP contribution in [0.1, 0.15) is 20.3 Å². The van der Waals surface area contributed by atoms with Crippen molar-refractivity contribution in [2.24, 2.45) is 10.7 Å². The van der Waals surface area contributed by atoms with Gasteiger partial charge in [0.25, 0.3) is 0 Å². The highest BCUT2D eigenvalue weighted by Gasteiger charge is 2.08. The smallest absolute Gasteiger partial charge is 0.177 e. The molecule has 118 valence electrons. The average Bonchev–Trinajstić information content (AvgIpc) is 2.95. The molecule has 0 fully saturated rings. The summed E-state index contributed by atoms with van der Waals surface area (Å²) in [6.45, 7) is 4.95. The molecule has 0 aliphatic carbocycles. The number of rotatable bonds is 6. The van der Waals surface area contributed by atoms with Gasteiger partial charge in [0, 0.05) is 12.6 Å². The van der Waals surface area contributed by atoms with E-state index in [0.29, 0.717) is 29.7 Å². The second kappa shape index (κ2) is 6.99. The van der Waals surface area contributed by atoms with Gasteiger partial charge < -0.3 is 25.2 Å². The highest BCUT2D eigenvalue weighted by atomic mass is 16.4. The second-order valence-electron chi connectivity index (χ2n) is 5.20. The van der Waals surface area contributed by atoms with Gasteiger partial charge in [-0.05, 0) is 20.3 Å². The van der Waals surface area contributed by atoms with E-state index >= 15 is 0 Å². The monoisotopic (exact) mass is 303 g/mol. The first-order valence-electron chi connectivity index (χ1n) is 6.98. The first kappa shape index (κ1) is 15.9. The van der Waals surface area contributed by atoms with Gasteiger partial charge in [0.15, 0.2) is 11.1 Å². The molecule has 3 N–H and O–H groups in total. The fourth-order valence-electron chi connectivity index (χ4n) is 1.91. The average molecular weight is 303 g/mol. The number of nitrogens with zero attached hydrogens (tertiary/aromatic N) is 4. The number of H-pyrrole nitrogens is 1. The van der Waals surface area contributed by atoms with Gasteiger partial charge in [-0.2, -0.15) is 0 Å². The molecule has 8 nitrogen and oxygen atoms in total. The number of hydrogen-bond acceptors (Lipinski definition) is 6. The maximum absolute atomic E-state index is 10.7. The molecule has 0 spiro atoms. The third-order valence-electron chi connectivity index (χ3n) is 3.16. The Hall–Kier alpha value is -2.48. The summed E-state index contributed by atoms with van der Waals surface area (Å²) < 4.78 is 1.74. The van der Waals surface area contributed by atoms with Crippen LogP contribution in [0.4, 0.5) is 0 Å². The molecule has 0 amide bonds. The molecule has 0 saturated heterocycles. The lowest BCUT2D eigenvalue weighted by Crippen LogP contribution is -2.42. The van der Waals surface area contributed by atoms with E-state index in [1.165, 1.54) is 5.57 Å². The van der Waals surface area contributed by atoms with E-state index in [1.54, 1.807) is 17.2 Å². The van der Waals surface area contributed by atoms with Gasteiger partial charge in [0.2, 0.25) is 0 Å². The Morgan fingerprint density at radius 2 is 2.32 bits per heavy atom. The lowest BCUT2D eigenvalue weighted by molar-refractivity contribution is -0.307. The molecule has 0 saturated carbocycles. The van der Waals surface area contributed by atoms with E-state index in [9.17, 15) is 9.90 Å². The van der Waals surface area contributed by atoms with E-state index in [4.69, 9.17) is 5.73 Å². The zero-order chi connectivity index (χ0) is 16.1. The third-order valence-corrected chi connectivity index (χ3v) is 3.16. The van der Waals surface area contributed by atoms with Crippen molar-refractivity contribution in [3.63, 3.8) is 0 Å². The van der Waals surface area contributed by atoms with Crippen LogP contribution in [0, 0.1) is 0 Å². The summed E-state index contributed by atoms with van der Waals surface area (Å²) in [5, 5.41) is 10.7. The Kier molecular flexibility index (Phi) is 5.05. The normalized spacial score (nSPS) is 13.3. The van der Waals surface area contributed by atoms with Gasteiger partial charge in [-0.3, -0.25) is 4.99 Å². The molecule has 0 aliphatic heterocycles. The van der Waals surface area contributed by atoms with Crippen LogP contribution < -0.4 is 16.3 Å². The number of aliphatic carboxylic acids is 1. The third kappa shape index (κ3) is 3.79. The SMILES string of the molecule is CC(C)=CCN=c1ncn(CC[C@H](N)C(=O)[O-])c2nc[nH]c12. The number of carbonyl (C=O) groups is 1. The van der Waals surface area contributed by atoms with Gasteiger partial charge in [-0.15, -0.1) is 0 Å². The van der Waals surface area contributed by atoms with Crippen LogP contribution in [-0.4, -0.2) is 38.1 Å². The van der Waals surface area contributed by atoms with Gasteiger partial charge >= 0.3 is 0 Å². The quantitative estimate of drug-likeness (QED) is 0.669. The number of carboxylic acids is 1. The molecule has 0 aromatic carbocycles. The van der Waals surface area contributed by atoms with Crippen molar-refractivity contribution in [1.29, 1.82) is 0 Å². The van der Waals surface area contributed by atoms with Crippen LogP contribution in [0.3, 0.4) is 0 Å². The number of allylic oxidation sites excluding steroid dienone is 1. The van der Waals surface area contributed by atoms with Crippen molar-refractivity contribution in [3.8, 4) is 0 Å². The van der Waals surface area contributed by atoms with Crippen molar-refractivity contribution >= 4 is 17.1 Å². The lowest BCUT2D eigenvalue weighted by Gasteiger charge is -2.13. The molecule has 2 aromatic heterocycles. The number of nitrogens with one attached hydrogen (secondary N) is 1. The number of hydrogen-bond donors (Lipinski definition) is 2. The molecule has 22 heavy (non-hydrogen) atoms. The predicted molar refractivity (Wildman–Crippen MR) is 79.3 cm³/mol. The molecule has 2 aromatic rings. The molecule has 0 bridgehead atoms. The molecule has 0 unspecified atom stereocenters. The predicted octanol–water partition coefficient (Wildman–Crippen LogP) is -0.906. The number of carbonyl (C=O) groups excluding carboxylic acids is 1. The summed E-state index contributed by atoms with van der Waals surface area (Å²) >= 11 is 0. The molecule has 0 radical (unpaired) electrons. The molecular weight excluding hydrogens is 284 g/mol. The minimum Gasteiger partial charge on any atom is -0.548 e. The summed E-state index contributed by atoms with van der Waals surface area (Å²) in [7, 11) is 0. The molecule has 0 aliphatic rings. The number of nitrogens with two attached hydrogens (primary N) is 1. The minimum absolute atomic E-state index is 0.241. The first-order valence-corrected chi connectivity index (χ1v) is 6.98. The van der Waals surface area contributed by atoms with Crippen LogP contribution in [-0.2, 0) is 11.3 Å². The first-order chi connectivity index (χ1) is 10.5. The van der Waals surface area contributed by atoms with Crippen LogP contribution in [0.2, 0.25) is 0 Å².